The van der Waals surface area contributed by atoms with Crippen molar-refractivity contribution in [2.45, 2.75) is 37.7 Å². The van der Waals surface area contributed by atoms with Crippen LogP contribution in [0.1, 0.15) is 32.1 Å². The molecule has 2 aromatic heterocycles. The van der Waals surface area contributed by atoms with Crippen molar-refractivity contribution in [1.82, 2.24) is 25.0 Å². The topological polar surface area (TPSA) is 79.4 Å². The van der Waals surface area contributed by atoms with E-state index in [1.807, 2.05) is 0 Å². The number of hydrogen-bond donors (Lipinski definition) is 1. The van der Waals surface area contributed by atoms with Gasteiger partial charge in [0.25, 0.3) is 0 Å². The zero-order valence-corrected chi connectivity index (χ0v) is 11.3. The largest absolute Gasteiger partial charge is 0.389 e. The van der Waals surface area contributed by atoms with E-state index in [4.69, 9.17) is 0 Å². The fourth-order valence-electron chi connectivity index (χ4n) is 3.66. The van der Waals surface area contributed by atoms with Gasteiger partial charge in [0.2, 0.25) is 0 Å². The van der Waals surface area contributed by atoms with Gasteiger partial charge in [-0.3, -0.25) is 4.98 Å². The molecular formula is C13H18N6O. The minimum absolute atomic E-state index is 0.344. The van der Waals surface area contributed by atoms with Gasteiger partial charge < -0.3 is 10.0 Å². The second-order valence-electron chi connectivity index (χ2n) is 5.96. The van der Waals surface area contributed by atoms with E-state index in [9.17, 15) is 5.11 Å². The van der Waals surface area contributed by atoms with Gasteiger partial charge >= 0.3 is 0 Å². The van der Waals surface area contributed by atoms with E-state index < -0.39 is 5.60 Å². The summed E-state index contributed by atoms with van der Waals surface area (Å²) in [5, 5.41) is 22.4. The molecule has 0 bridgehead atoms. The van der Waals surface area contributed by atoms with Crippen LogP contribution < -0.4 is 4.90 Å². The molecule has 3 heterocycles. The number of hydrogen-bond acceptors (Lipinski definition) is 6. The first-order valence-corrected chi connectivity index (χ1v) is 7.26. The van der Waals surface area contributed by atoms with Gasteiger partial charge in [-0.1, -0.05) is 12.8 Å². The number of anilines is 1. The van der Waals surface area contributed by atoms with Gasteiger partial charge in [-0.15, -0.1) is 5.10 Å². The molecule has 1 aliphatic carbocycles. The zero-order chi connectivity index (χ0) is 13.6. The molecule has 7 heteroatoms. The lowest BCUT2D eigenvalue weighted by Crippen LogP contribution is -2.53. The third-order valence-electron chi connectivity index (χ3n) is 4.84. The summed E-state index contributed by atoms with van der Waals surface area (Å²) < 4.78 is 1.72. The van der Waals surface area contributed by atoms with Crippen LogP contribution in [0.3, 0.4) is 0 Å². The van der Waals surface area contributed by atoms with Crippen LogP contribution in [0, 0.1) is 5.92 Å². The Morgan fingerprint density at radius 2 is 2.20 bits per heavy atom. The summed E-state index contributed by atoms with van der Waals surface area (Å²) >= 11 is 0. The molecule has 1 N–H and O–H groups in total. The first-order valence-electron chi connectivity index (χ1n) is 7.26. The van der Waals surface area contributed by atoms with Crippen molar-refractivity contribution >= 4 is 11.5 Å². The minimum Gasteiger partial charge on any atom is -0.389 e. The first kappa shape index (κ1) is 12.0. The summed E-state index contributed by atoms with van der Waals surface area (Å²) in [7, 11) is 0. The zero-order valence-electron chi connectivity index (χ0n) is 11.3. The van der Waals surface area contributed by atoms with Crippen LogP contribution in [0.15, 0.2) is 12.4 Å². The molecule has 2 atom stereocenters. The number of nitrogens with zero attached hydrogens (tertiary/aromatic N) is 6. The summed E-state index contributed by atoms with van der Waals surface area (Å²) in [5.41, 5.74) is 0.198. The van der Waals surface area contributed by atoms with Crippen molar-refractivity contribution in [2.75, 3.05) is 18.0 Å². The molecule has 7 nitrogen and oxygen atoms in total. The Kier molecular flexibility index (Phi) is 2.63. The Bertz CT molecular complexity index is 628. The molecule has 20 heavy (non-hydrogen) atoms. The summed E-state index contributed by atoms with van der Waals surface area (Å²) in [6, 6.07) is 0. The van der Waals surface area contributed by atoms with Gasteiger partial charge in [-0.2, -0.15) is 4.52 Å². The van der Waals surface area contributed by atoms with Crippen LogP contribution in [0.5, 0.6) is 0 Å². The second kappa shape index (κ2) is 4.37. The second-order valence-corrected chi connectivity index (χ2v) is 5.96. The summed E-state index contributed by atoms with van der Waals surface area (Å²) in [4.78, 5) is 6.46. The molecule has 0 aromatic carbocycles. The van der Waals surface area contributed by atoms with Crippen LogP contribution in [-0.2, 0) is 0 Å². The molecule has 1 aliphatic heterocycles. The molecular weight excluding hydrogens is 256 g/mol. The first-order chi connectivity index (χ1) is 9.76. The van der Waals surface area contributed by atoms with Gasteiger partial charge in [0.1, 0.15) is 0 Å². The maximum atomic E-state index is 10.7. The van der Waals surface area contributed by atoms with Crippen LogP contribution in [0.25, 0.3) is 5.65 Å². The summed E-state index contributed by atoms with van der Waals surface area (Å²) in [6.07, 6.45) is 8.69. The Balaban J connectivity index is 1.65. The van der Waals surface area contributed by atoms with Crippen LogP contribution >= 0.6 is 0 Å². The summed E-state index contributed by atoms with van der Waals surface area (Å²) in [5.74, 6) is 1.26. The molecule has 106 valence electrons. The normalized spacial score (nSPS) is 30.4. The third-order valence-corrected chi connectivity index (χ3v) is 4.84. The molecule has 1 saturated heterocycles. The fraction of sp³-hybridized carbons (Fsp3) is 0.692. The Morgan fingerprint density at radius 3 is 3.15 bits per heavy atom. The van der Waals surface area contributed by atoms with E-state index >= 15 is 0 Å². The van der Waals surface area contributed by atoms with Gasteiger partial charge in [-0.25, -0.2) is 0 Å². The van der Waals surface area contributed by atoms with E-state index in [2.05, 4.69) is 25.4 Å². The monoisotopic (exact) mass is 274 g/mol. The molecule has 0 amide bonds. The lowest BCUT2D eigenvalue weighted by Gasteiger charge is -2.47. The smallest absolute Gasteiger partial charge is 0.199 e. The van der Waals surface area contributed by atoms with Crippen LogP contribution in [-0.4, -0.2) is 48.8 Å². The standard InChI is InChI=1S/C13H18N6O/c20-13-4-2-1-3-10(13)9-18(6-5-13)12-8-14-7-11-15-16-17-19(11)12/h7-8,10,20H,1-6,9H2. The number of tetrazole rings is 1. The molecule has 0 radical (unpaired) electrons. The average Bonchev–Trinajstić information content (AvgIpc) is 2.94. The molecule has 2 aliphatic rings. The summed E-state index contributed by atoms with van der Waals surface area (Å²) in [6.45, 7) is 1.69. The predicted octanol–water partition coefficient (Wildman–Crippen LogP) is 0.651. The maximum Gasteiger partial charge on any atom is 0.199 e. The SMILES string of the molecule is OC12CCCCC1CN(c1cncc3nnnn13)CC2. The van der Waals surface area contributed by atoms with Crippen LogP contribution in [0.4, 0.5) is 5.82 Å². The molecule has 1 saturated carbocycles. The number of piperidine rings is 1. The highest BCUT2D eigenvalue weighted by atomic mass is 16.3. The van der Waals surface area contributed by atoms with Crippen molar-refractivity contribution in [3.05, 3.63) is 12.4 Å². The van der Waals surface area contributed by atoms with E-state index in [0.717, 1.165) is 44.6 Å². The quantitative estimate of drug-likeness (QED) is 0.822. The Labute approximate surface area is 116 Å². The molecule has 2 aromatic rings. The number of aromatic nitrogens is 5. The van der Waals surface area contributed by atoms with Crippen molar-refractivity contribution in [3.8, 4) is 0 Å². The molecule has 2 unspecified atom stereocenters. The van der Waals surface area contributed by atoms with E-state index in [-0.39, 0.29) is 0 Å². The lowest BCUT2D eigenvalue weighted by molar-refractivity contribution is -0.0614. The molecule has 0 spiro atoms. The van der Waals surface area contributed by atoms with Crippen molar-refractivity contribution in [3.63, 3.8) is 0 Å². The minimum atomic E-state index is -0.462. The lowest BCUT2D eigenvalue weighted by atomic mass is 9.71. The van der Waals surface area contributed by atoms with Crippen molar-refractivity contribution < 1.29 is 5.11 Å². The van der Waals surface area contributed by atoms with Crippen LogP contribution in [0.2, 0.25) is 0 Å². The van der Waals surface area contributed by atoms with Crippen molar-refractivity contribution in [2.24, 2.45) is 5.92 Å². The predicted molar refractivity (Wildman–Crippen MR) is 72.3 cm³/mol. The van der Waals surface area contributed by atoms with Gasteiger partial charge in [0, 0.05) is 19.0 Å². The maximum absolute atomic E-state index is 10.7. The Morgan fingerprint density at radius 1 is 1.25 bits per heavy atom. The highest BCUT2D eigenvalue weighted by Crippen LogP contribution is 2.40. The molecule has 2 fully saturated rings. The number of fused-ring (bicyclic) bond motifs is 2. The number of rotatable bonds is 1. The van der Waals surface area contributed by atoms with E-state index in [1.165, 1.54) is 6.42 Å². The van der Waals surface area contributed by atoms with Gasteiger partial charge in [-0.05, 0) is 29.7 Å². The average molecular weight is 274 g/mol. The van der Waals surface area contributed by atoms with Gasteiger partial charge in [0.15, 0.2) is 11.5 Å². The Hall–Kier alpha value is -1.76. The van der Waals surface area contributed by atoms with E-state index in [0.29, 0.717) is 11.6 Å². The third kappa shape index (κ3) is 1.76. The fourth-order valence-corrected chi connectivity index (χ4v) is 3.66. The van der Waals surface area contributed by atoms with Gasteiger partial charge in [0.05, 0.1) is 18.0 Å². The highest BCUT2D eigenvalue weighted by molar-refractivity contribution is 5.46. The highest BCUT2D eigenvalue weighted by Gasteiger charge is 2.43. The van der Waals surface area contributed by atoms with Crippen molar-refractivity contribution in [1.29, 1.82) is 0 Å². The van der Waals surface area contributed by atoms with E-state index in [1.54, 1.807) is 16.9 Å². The molecule has 4 rings (SSSR count). The number of aliphatic hydroxyl groups is 1.